The SMILES string of the molecule is CC(C)c1[nH]nc(NCc2cccc(Cl)c2C(F)(F)F)c1C(N)=O. The van der Waals surface area contributed by atoms with Crippen LogP contribution in [0.25, 0.3) is 0 Å². The van der Waals surface area contributed by atoms with E-state index in [1.165, 1.54) is 18.2 Å². The molecule has 5 nitrogen and oxygen atoms in total. The molecule has 24 heavy (non-hydrogen) atoms. The molecule has 0 aliphatic rings. The van der Waals surface area contributed by atoms with Crippen molar-refractivity contribution in [3.63, 3.8) is 0 Å². The van der Waals surface area contributed by atoms with Crippen molar-refractivity contribution in [1.29, 1.82) is 0 Å². The van der Waals surface area contributed by atoms with Gasteiger partial charge in [0.15, 0.2) is 5.82 Å². The van der Waals surface area contributed by atoms with Gasteiger partial charge < -0.3 is 11.1 Å². The van der Waals surface area contributed by atoms with Gasteiger partial charge in [0.1, 0.15) is 5.56 Å². The van der Waals surface area contributed by atoms with E-state index in [9.17, 15) is 18.0 Å². The van der Waals surface area contributed by atoms with Crippen LogP contribution in [-0.4, -0.2) is 16.1 Å². The predicted octanol–water partition coefficient (Wildman–Crippen LogP) is 3.92. The van der Waals surface area contributed by atoms with E-state index in [0.717, 1.165) is 0 Å². The Morgan fingerprint density at radius 2 is 2.08 bits per heavy atom. The van der Waals surface area contributed by atoms with Gasteiger partial charge in [0.2, 0.25) is 0 Å². The quantitative estimate of drug-likeness (QED) is 0.755. The van der Waals surface area contributed by atoms with E-state index in [0.29, 0.717) is 5.69 Å². The van der Waals surface area contributed by atoms with Crippen molar-refractivity contribution in [3.05, 3.63) is 45.6 Å². The zero-order valence-electron chi connectivity index (χ0n) is 13.0. The summed E-state index contributed by atoms with van der Waals surface area (Å²) < 4.78 is 39.4. The second kappa shape index (κ2) is 6.72. The summed E-state index contributed by atoms with van der Waals surface area (Å²) in [4.78, 5) is 11.6. The van der Waals surface area contributed by atoms with Gasteiger partial charge in [-0.15, -0.1) is 0 Å². The Morgan fingerprint density at radius 1 is 1.42 bits per heavy atom. The van der Waals surface area contributed by atoms with Crippen LogP contribution in [-0.2, 0) is 12.7 Å². The largest absolute Gasteiger partial charge is 0.418 e. The molecular weight excluding hydrogens is 345 g/mol. The maximum Gasteiger partial charge on any atom is 0.418 e. The molecule has 1 amide bonds. The van der Waals surface area contributed by atoms with Crippen LogP contribution in [0, 0.1) is 0 Å². The Balaban J connectivity index is 2.34. The lowest BCUT2D eigenvalue weighted by Gasteiger charge is -2.15. The van der Waals surface area contributed by atoms with Crippen molar-refractivity contribution in [2.24, 2.45) is 5.73 Å². The average Bonchev–Trinajstić information content (AvgIpc) is 2.87. The first-order valence-corrected chi connectivity index (χ1v) is 7.47. The first-order valence-electron chi connectivity index (χ1n) is 7.09. The van der Waals surface area contributed by atoms with Crippen molar-refractivity contribution in [1.82, 2.24) is 10.2 Å². The molecule has 2 aromatic rings. The third-order valence-electron chi connectivity index (χ3n) is 3.45. The highest BCUT2D eigenvalue weighted by molar-refractivity contribution is 6.31. The van der Waals surface area contributed by atoms with Gasteiger partial charge in [-0.05, 0) is 17.5 Å². The Morgan fingerprint density at radius 3 is 2.62 bits per heavy atom. The summed E-state index contributed by atoms with van der Waals surface area (Å²) in [5, 5.41) is 8.96. The van der Waals surface area contributed by atoms with Crippen LogP contribution in [0.3, 0.4) is 0 Å². The summed E-state index contributed by atoms with van der Waals surface area (Å²) in [7, 11) is 0. The first-order chi connectivity index (χ1) is 11.1. The van der Waals surface area contributed by atoms with E-state index >= 15 is 0 Å². The van der Waals surface area contributed by atoms with Crippen LogP contribution in [0.5, 0.6) is 0 Å². The lowest BCUT2D eigenvalue weighted by molar-refractivity contribution is -0.138. The van der Waals surface area contributed by atoms with Crippen LogP contribution in [0.15, 0.2) is 18.2 Å². The number of amides is 1. The second-order valence-corrected chi connectivity index (χ2v) is 5.91. The van der Waals surface area contributed by atoms with Crippen molar-refractivity contribution >= 4 is 23.3 Å². The fourth-order valence-corrected chi connectivity index (χ4v) is 2.66. The number of alkyl halides is 3. The highest BCUT2D eigenvalue weighted by atomic mass is 35.5. The number of nitrogens with two attached hydrogens (primary N) is 1. The second-order valence-electron chi connectivity index (χ2n) is 5.51. The molecular formula is C15H16ClF3N4O. The minimum atomic E-state index is -4.59. The number of benzene rings is 1. The normalized spacial score (nSPS) is 11.8. The Hall–Kier alpha value is -2.22. The van der Waals surface area contributed by atoms with Gasteiger partial charge in [-0.3, -0.25) is 9.89 Å². The first kappa shape index (κ1) is 18.1. The predicted molar refractivity (Wildman–Crippen MR) is 85.0 cm³/mol. The average molecular weight is 361 g/mol. The number of rotatable bonds is 5. The van der Waals surface area contributed by atoms with Crippen molar-refractivity contribution in [2.75, 3.05) is 5.32 Å². The standard InChI is InChI=1S/C15H16ClF3N4O/c1-7(2)12-10(13(20)24)14(23-22-12)21-6-8-4-3-5-9(16)11(8)15(17,18)19/h3-5,7H,6H2,1-2H3,(H2,20,24)(H2,21,22,23). The number of nitrogens with zero attached hydrogens (tertiary/aromatic N) is 1. The summed E-state index contributed by atoms with van der Waals surface area (Å²) in [5.74, 6) is -0.649. The number of nitrogens with one attached hydrogen (secondary N) is 2. The number of anilines is 1. The molecule has 4 N–H and O–H groups in total. The van der Waals surface area contributed by atoms with Crippen LogP contribution >= 0.6 is 11.6 Å². The van der Waals surface area contributed by atoms with E-state index in [1.54, 1.807) is 0 Å². The van der Waals surface area contributed by atoms with Crippen molar-refractivity contribution in [2.45, 2.75) is 32.5 Å². The monoisotopic (exact) mass is 360 g/mol. The van der Waals surface area contributed by atoms with E-state index < -0.39 is 17.6 Å². The van der Waals surface area contributed by atoms with Gasteiger partial charge in [0, 0.05) is 6.54 Å². The zero-order chi connectivity index (χ0) is 18.1. The molecule has 0 radical (unpaired) electrons. The van der Waals surface area contributed by atoms with Gasteiger partial charge >= 0.3 is 6.18 Å². The number of aromatic nitrogens is 2. The minimum Gasteiger partial charge on any atom is -0.365 e. The summed E-state index contributed by atoms with van der Waals surface area (Å²) in [6.45, 7) is 3.46. The van der Waals surface area contributed by atoms with Gasteiger partial charge in [0.05, 0.1) is 16.3 Å². The highest BCUT2D eigenvalue weighted by Gasteiger charge is 2.35. The summed E-state index contributed by atoms with van der Waals surface area (Å²) in [5.41, 5.74) is 5.04. The third-order valence-corrected chi connectivity index (χ3v) is 3.76. The van der Waals surface area contributed by atoms with E-state index in [1.807, 2.05) is 13.8 Å². The van der Waals surface area contributed by atoms with Gasteiger partial charge in [-0.25, -0.2) is 0 Å². The molecule has 130 valence electrons. The Kier molecular flexibility index (Phi) is 5.08. The smallest absolute Gasteiger partial charge is 0.365 e. The highest BCUT2D eigenvalue weighted by Crippen LogP contribution is 2.37. The molecule has 0 bridgehead atoms. The van der Waals surface area contributed by atoms with Crippen LogP contribution < -0.4 is 11.1 Å². The number of halogens is 4. The molecule has 0 unspecified atom stereocenters. The van der Waals surface area contributed by atoms with E-state index in [-0.39, 0.29) is 34.4 Å². The van der Waals surface area contributed by atoms with Crippen LogP contribution in [0.1, 0.15) is 46.9 Å². The number of H-pyrrole nitrogens is 1. The van der Waals surface area contributed by atoms with E-state index in [2.05, 4.69) is 15.5 Å². The van der Waals surface area contributed by atoms with Crippen LogP contribution in [0.2, 0.25) is 5.02 Å². The molecule has 2 rings (SSSR count). The molecule has 0 aliphatic heterocycles. The maximum atomic E-state index is 13.1. The number of hydrogen-bond acceptors (Lipinski definition) is 3. The lowest BCUT2D eigenvalue weighted by atomic mass is 10.0. The van der Waals surface area contributed by atoms with Gasteiger partial charge in [-0.2, -0.15) is 18.3 Å². The molecule has 0 fully saturated rings. The molecule has 0 saturated carbocycles. The summed E-state index contributed by atoms with van der Waals surface area (Å²) >= 11 is 5.68. The molecule has 0 aliphatic carbocycles. The minimum absolute atomic E-state index is 0.0487. The van der Waals surface area contributed by atoms with Crippen molar-refractivity contribution in [3.8, 4) is 0 Å². The number of primary amides is 1. The molecule has 9 heteroatoms. The van der Waals surface area contributed by atoms with Crippen molar-refractivity contribution < 1.29 is 18.0 Å². The fourth-order valence-electron chi connectivity index (χ4n) is 2.36. The maximum absolute atomic E-state index is 13.1. The lowest BCUT2D eigenvalue weighted by Crippen LogP contribution is -2.17. The fraction of sp³-hybridized carbons (Fsp3) is 0.333. The molecule has 0 spiro atoms. The van der Waals surface area contributed by atoms with Gasteiger partial charge in [0.25, 0.3) is 5.91 Å². The molecule has 1 aromatic heterocycles. The molecule has 0 atom stereocenters. The Bertz CT molecular complexity index is 756. The van der Waals surface area contributed by atoms with Crippen LogP contribution in [0.4, 0.5) is 19.0 Å². The van der Waals surface area contributed by atoms with E-state index in [4.69, 9.17) is 17.3 Å². The Labute approximate surface area is 141 Å². The number of carbonyl (C=O) groups excluding carboxylic acids is 1. The molecule has 1 aromatic carbocycles. The molecule has 1 heterocycles. The zero-order valence-corrected chi connectivity index (χ0v) is 13.7. The number of carbonyl (C=O) groups is 1. The summed E-state index contributed by atoms with van der Waals surface area (Å²) in [6.07, 6.45) is -4.59. The molecule has 0 saturated heterocycles. The number of hydrogen-bond donors (Lipinski definition) is 3. The van der Waals surface area contributed by atoms with Gasteiger partial charge in [-0.1, -0.05) is 37.6 Å². The third kappa shape index (κ3) is 3.64. The summed E-state index contributed by atoms with van der Waals surface area (Å²) in [6, 6.07) is 3.91. The topological polar surface area (TPSA) is 83.8 Å². The number of aromatic amines is 1.